The molecule has 0 aromatic carbocycles. The summed E-state index contributed by atoms with van der Waals surface area (Å²) in [5, 5.41) is 8.02. The molecule has 0 aliphatic rings. The van der Waals surface area contributed by atoms with E-state index in [-0.39, 0.29) is 6.61 Å². The Morgan fingerprint density at radius 3 is 2.60 bits per heavy atom. The average Bonchev–Trinajstić information content (AvgIpc) is 1.79. The highest BCUT2D eigenvalue weighted by molar-refractivity contribution is 5.79. The predicted molar refractivity (Wildman–Crippen MR) is 32.3 cm³/mol. The lowest BCUT2D eigenvalue weighted by Crippen LogP contribution is -2.12. The maximum absolute atomic E-state index is 9.86. The molecule has 0 radical (unpaired) electrons. The summed E-state index contributed by atoms with van der Waals surface area (Å²) in [4.78, 5) is 19.6. The molecule has 0 saturated heterocycles. The summed E-state index contributed by atoms with van der Waals surface area (Å²) in [6.07, 6.45) is 1.12. The Kier molecular flexibility index (Phi) is 3.70. The molecule has 0 bridgehead atoms. The van der Waals surface area contributed by atoms with Crippen molar-refractivity contribution in [2.75, 3.05) is 6.61 Å². The monoisotopic (exact) mass is 145 g/mol. The third kappa shape index (κ3) is 6.48. The second-order valence-corrected chi connectivity index (χ2v) is 1.37. The number of hydrogen-bond acceptors (Lipinski definition) is 3. The molecule has 0 aliphatic carbocycles. The fraction of sp³-hybridized carbons (Fsp3) is 0.200. The van der Waals surface area contributed by atoms with E-state index in [1.54, 1.807) is 0 Å². The predicted octanol–water partition coefficient (Wildman–Crippen LogP) is -0.277. The fourth-order valence-electron chi connectivity index (χ4n) is 0.279. The first-order chi connectivity index (χ1) is 4.63. The number of carbonyl (C=O) groups is 2. The third-order valence-electron chi connectivity index (χ3n) is 0.582. The summed E-state index contributed by atoms with van der Waals surface area (Å²) < 4.78 is 4.18. The van der Waals surface area contributed by atoms with Crippen molar-refractivity contribution in [3.8, 4) is 0 Å². The van der Waals surface area contributed by atoms with Crippen LogP contribution >= 0.6 is 0 Å². The summed E-state index contributed by atoms with van der Waals surface area (Å²) in [6.45, 7) is -0.109. The molecule has 0 rings (SSSR count). The number of hydrogen-bond donors (Lipinski definition) is 2. The molecule has 0 atom stereocenters. The van der Waals surface area contributed by atoms with E-state index in [0.29, 0.717) is 0 Å². The standard InChI is InChI=1S/C5H7NO4/c6-5(9)10-3-1-2-4(7)8/h1-2H,3H2,(H2,6,9)(H,7,8). The molecule has 0 heterocycles. The summed E-state index contributed by atoms with van der Waals surface area (Å²) >= 11 is 0. The molecule has 5 nitrogen and oxygen atoms in total. The molecule has 0 fully saturated rings. The van der Waals surface area contributed by atoms with E-state index >= 15 is 0 Å². The number of amides is 1. The van der Waals surface area contributed by atoms with Gasteiger partial charge in [-0.2, -0.15) is 0 Å². The molecular weight excluding hydrogens is 138 g/mol. The smallest absolute Gasteiger partial charge is 0.404 e. The summed E-state index contributed by atoms with van der Waals surface area (Å²) in [6, 6.07) is 0. The van der Waals surface area contributed by atoms with Gasteiger partial charge in [-0.15, -0.1) is 0 Å². The van der Waals surface area contributed by atoms with Crippen LogP contribution in [0.15, 0.2) is 12.2 Å². The van der Waals surface area contributed by atoms with Gasteiger partial charge in [0, 0.05) is 6.08 Å². The van der Waals surface area contributed by atoms with E-state index in [2.05, 4.69) is 10.5 Å². The highest BCUT2D eigenvalue weighted by atomic mass is 16.5. The van der Waals surface area contributed by atoms with Crippen LogP contribution in [-0.2, 0) is 9.53 Å². The van der Waals surface area contributed by atoms with Crippen LogP contribution in [0.4, 0.5) is 4.79 Å². The minimum Gasteiger partial charge on any atom is -0.478 e. The van der Waals surface area contributed by atoms with Crippen molar-refractivity contribution in [3.63, 3.8) is 0 Å². The Hall–Kier alpha value is -1.52. The van der Waals surface area contributed by atoms with Crippen LogP contribution in [0.5, 0.6) is 0 Å². The molecule has 0 spiro atoms. The molecule has 0 unspecified atom stereocenters. The van der Waals surface area contributed by atoms with E-state index in [4.69, 9.17) is 5.11 Å². The third-order valence-corrected chi connectivity index (χ3v) is 0.582. The van der Waals surface area contributed by atoms with Gasteiger partial charge >= 0.3 is 12.1 Å². The van der Waals surface area contributed by atoms with E-state index in [0.717, 1.165) is 6.08 Å². The van der Waals surface area contributed by atoms with Crippen molar-refractivity contribution in [2.45, 2.75) is 0 Å². The number of nitrogens with two attached hydrogens (primary N) is 1. The summed E-state index contributed by atoms with van der Waals surface area (Å²) in [5.41, 5.74) is 4.57. The SMILES string of the molecule is NC(=O)OCC=CC(=O)O. The zero-order chi connectivity index (χ0) is 7.98. The van der Waals surface area contributed by atoms with Gasteiger partial charge in [-0.3, -0.25) is 0 Å². The Balaban J connectivity index is 3.36. The Morgan fingerprint density at radius 1 is 1.60 bits per heavy atom. The molecule has 10 heavy (non-hydrogen) atoms. The van der Waals surface area contributed by atoms with Gasteiger partial charge in [0.1, 0.15) is 6.61 Å². The first-order valence-electron chi connectivity index (χ1n) is 2.44. The molecule has 0 aromatic heterocycles. The quantitative estimate of drug-likeness (QED) is 0.534. The van der Waals surface area contributed by atoms with Gasteiger partial charge in [0.2, 0.25) is 0 Å². The highest BCUT2D eigenvalue weighted by Gasteiger charge is 1.88. The maximum Gasteiger partial charge on any atom is 0.404 e. The normalized spacial score (nSPS) is 9.60. The van der Waals surface area contributed by atoms with Gasteiger partial charge < -0.3 is 15.6 Å². The minimum atomic E-state index is -1.09. The molecule has 56 valence electrons. The number of carbonyl (C=O) groups excluding carboxylic acids is 1. The molecule has 0 saturated carbocycles. The number of aliphatic carboxylic acids is 1. The second kappa shape index (κ2) is 4.37. The van der Waals surface area contributed by atoms with Gasteiger partial charge in [-0.1, -0.05) is 0 Å². The largest absolute Gasteiger partial charge is 0.478 e. The number of rotatable bonds is 3. The molecular formula is C5H7NO4. The van der Waals surface area contributed by atoms with Gasteiger partial charge in [0.05, 0.1) is 0 Å². The van der Waals surface area contributed by atoms with Crippen LogP contribution in [0.2, 0.25) is 0 Å². The van der Waals surface area contributed by atoms with E-state index in [1.807, 2.05) is 0 Å². The zero-order valence-corrected chi connectivity index (χ0v) is 5.11. The summed E-state index contributed by atoms with van der Waals surface area (Å²) in [5.74, 6) is -1.09. The lowest BCUT2D eigenvalue weighted by atomic mass is 10.5. The van der Waals surface area contributed by atoms with Crippen LogP contribution in [0.3, 0.4) is 0 Å². The van der Waals surface area contributed by atoms with Crippen molar-refractivity contribution < 1.29 is 19.4 Å². The Morgan fingerprint density at radius 2 is 2.20 bits per heavy atom. The van der Waals surface area contributed by atoms with Gasteiger partial charge in [0.25, 0.3) is 0 Å². The van der Waals surface area contributed by atoms with Crippen molar-refractivity contribution in [3.05, 3.63) is 12.2 Å². The van der Waals surface area contributed by atoms with E-state index < -0.39 is 12.1 Å². The number of carboxylic acid groups (broad SMARTS) is 1. The molecule has 3 N–H and O–H groups in total. The van der Waals surface area contributed by atoms with Crippen molar-refractivity contribution in [2.24, 2.45) is 5.73 Å². The van der Waals surface area contributed by atoms with Crippen LogP contribution in [0, 0.1) is 0 Å². The lowest BCUT2D eigenvalue weighted by Gasteiger charge is -1.91. The molecule has 0 aliphatic heterocycles. The van der Waals surface area contributed by atoms with Crippen LogP contribution in [-0.4, -0.2) is 23.8 Å². The molecule has 1 amide bonds. The van der Waals surface area contributed by atoms with Crippen molar-refractivity contribution in [1.29, 1.82) is 0 Å². The van der Waals surface area contributed by atoms with Gasteiger partial charge in [0.15, 0.2) is 0 Å². The number of ether oxygens (including phenoxy) is 1. The average molecular weight is 145 g/mol. The highest BCUT2D eigenvalue weighted by Crippen LogP contribution is 1.76. The van der Waals surface area contributed by atoms with Crippen LogP contribution < -0.4 is 5.73 Å². The van der Waals surface area contributed by atoms with Gasteiger partial charge in [-0.05, 0) is 6.08 Å². The zero-order valence-electron chi connectivity index (χ0n) is 5.11. The molecule has 0 aromatic rings. The van der Waals surface area contributed by atoms with Crippen LogP contribution in [0.1, 0.15) is 0 Å². The molecule has 5 heteroatoms. The topological polar surface area (TPSA) is 89.6 Å². The number of carboxylic acids is 1. The summed E-state index contributed by atoms with van der Waals surface area (Å²) in [7, 11) is 0. The number of primary amides is 1. The maximum atomic E-state index is 9.86. The van der Waals surface area contributed by atoms with Crippen molar-refractivity contribution in [1.82, 2.24) is 0 Å². The Labute approximate surface area is 57.1 Å². The first-order valence-corrected chi connectivity index (χ1v) is 2.44. The second-order valence-electron chi connectivity index (χ2n) is 1.37. The van der Waals surface area contributed by atoms with Gasteiger partial charge in [-0.25, -0.2) is 9.59 Å². The Bertz CT molecular complexity index is 163. The minimum absolute atomic E-state index is 0.109. The van der Waals surface area contributed by atoms with E-state index in [1.165, 1.54) is 6.08 Å². The first kappa shape index (κ1) is 8.48. The van der Waals surface area contributed by atoms with E-state index in [9.17, 15) is 9.59 Å². The lowest BCUT2D eigenvalue weighted by molar-refractivity contribution is -0.131. The van der Waals surface area contributed by atoms with Crippen molar-refractivity contribution >= 4 is 12.1 Å². The fourth-order valence-corrected chi connectivity index (χ4v) is 0.279. The van der Waals surface area contributed by atoms with Crippen LogP contribution in [0.25, 0.3) is 0 Å².